The first-order valence-electron chi connectivity index (χ1n) is 6.77. The molecule has 2 aliphatic rings. The fourth-order valence-electron chi connectivity index (χ4n) is 2.79. The van der Waals surface area contributed by atoms with Crippen molar-refractivity contribution in [2.45, 2.75) is 20.8 Å². The molecule has 0 atom stereocenters. The molecule has 4 heteroatoms. The minimum absolute atomic E-state index is 0.128. The van der Waals surface area contributed by atoms with Crippen molar-refractivity contribution in [2.75, 3.05) is 4.90 Å². The number of amides is 1. The fourth-order valence-corrected chi connectivity index (χ4v) is 2.79. The maximum absolute atomic E-state index is 12.8. The van der Waals surface area contributed by atoms with E-state index in [4.69, 9.17) is 0 Å². The Bertz CT molecular complexity index is 753. The number of allylic oxidation sites excluding steroid dienone is 3. The van der Waals surface area contributed by atoms with Crippen molar-refractivity contribution >= 4 is 23.2 Å². The zero-order valence-electron chi connectivity index (χ0n) is 12.1. The minimum atomic E-state index is -0.815. The van der Waals surface area contributed by atoms with Gasteiger partial charge in [0.1, 0.15) is 0 Å². The van der Waals surface area contributed by atoms with E-state index in [0.717, 1.165) is 11.3 Å². The molecule has 0 unspecified atom stereocenters. The third kappa shape index (κ3) is 1.79. The van der Waals surface area contributed by atoms with Crippen molar-refractivity contribution in [1.82, 2.24) is 0 Å². The highest BCUT2D eigenvalue weighted by Gasteiger charge is 2.49. The number of ketones is 2. The van der Waals surface area contributed by atoms with Crippen molar-refractivity contribution in [1.29, 1.82) is 0 Å². The second-order valence-electron chi connectivity index (χ2n) is 5.87. The van der Waals surface area contributed by atoms with Gasteiger partial charge in [-0.3, -0.25) is 19.3 Å². The van der Waals surface area contributed by atoms with E-state index in [9.17, 15) is 14.4 Å². The molecule has 1 aromatic carbocycles. The smallest absolute Gasteiger partial charge is 0.241 e. The number of nitrogens with zero attached hydrogens (tertiary/aromatic N) is 1. The summed E-state index contributed by atoms with van der Waals surface area (Å²) in [6.07, 6.45) is 2.57. The molecule has 0 aromatic heterocycles. The molecule has 1 heterocycles. The Labute approximate surface area is 122 Å². The molecule has 1 saturated heterocycles. The number of aryl methyl sites for hydroxylation is 1. The predicted octanol–water partition coefficient (Wildman–Crippen LogP) is 2.33. The van der Waals surface area contributed by atoms with Gasteiger partial charge in [0.05, 0.1) is 16.8 Å². The highest BCUT2D eigenvalue weighted by Crippen LogP contribution is 2.47. The molecular formula is C17H15NO3. The Kier molecular flexibility index (Phi) is 2.73. The molecule has 0 spiro atoms. The number of benzene rings is 1. The first-order valence-corrected chi connectivity index (χ1v) is 6.77. The molecule has 0 bridgehead atoms. The Morgan fingerprint density at radius 2 is 1.57 bits per heavy atom. The van der Waals surface area contributed by atoms with Crippen LogP contribution in [-0.4, -0.2) is 17.5 Å². The third-order valence-corrected chi connectivity index (χ3v) is 4.07. The van der Waals surface area contributed by atoms with Gasteiger partial charge in [-0.15, -0.1) is 0 Å². The lowest BCUT2D eigenvalue weighted by Crippen LogP contribution is -2.30. The van der Waals surface area contributed by atoms with Crippen LogP contribution in [0.15, 0.2) is 47.7 Å². The average Bonchev–Trinajstić information content (AvgIpc) is 2.61. The van der Waals surface area contributed by atoms with Gasteiger partial charge in [0, 0.05) is 6.08 Å². The van der Waals surface area contributed by atoms with Crippen molar-refractivity contribution in [3.05, 3.63) is 53.3 Å². The standard InChI is InChI=1S/C17H15NO3/c1-10-6-4-5-7-12(10)18-13-9-15(20)14(19)8-11(13)17(2,3)16(18)21/h4-9H,1-3H3. The van der Waals surface area contributed by atoms with E-state index in [1.807, 2.05) is 31.2 Å². The molecular weight excluding hydrogens is 266 g/mol. The van der Waals surface area contributed by atoms with E-state index in [-0.39, 0.29) is 5.91 Å². The molecule has 21 heavy (non-hydrogen) atoms. The molecule has 0 radical (unpaired) electrons. The number of carbonyl (C=O) groups excluding carboxylic acids is 3. The topological polar surface area (TPSA) is 54.5 Å². The predicted molar refractivity (Wildman–Crippen MR) is 78.6 cm³/mol. The SMILES string of the molecule is Cc1ccccc1N1C(=O)C(C)(C)C2=CC(=O)C(=O)C=C21. The van der Waals surface area contributed by atoms with Crippen molar-refractivity contribution in [2.24, 2.45) is 5.41 Å². The highest BCUT2D eigenvalue weighted by atomic mass is 16.2. The Balaban J connectivity index is 2.24. The van der Waals surface area contributed by atoms with E-state index in [1.165, 1.54) is 12.2 Å². The summed E-state index contributed by atoms with van der Waals surface area (Å²) in [5.74, 6) is -1.28. The lowest BCUT2D eigenvalue weighted by Gasteiger charge is -2.21. The average molecular weight is 281 g/mol. The van der Waals surface area contributed by atoms with Crippen LogP contribution in [0.3, 0.4) is 0 Å². The summed E-state index contributed by atoms with van der Waals surface area (Å²) in [5, 5.41) is 0. The van der Waals surface area contributed by atoms with Crippen LogP contribution in [-0.2, 0) is 14.4 Å². The second kappa shape index (κ2) is 4.25. The van der Waals surface area contributed by atoms with E-state index in [2.05, 4.69) is 0 Å². The molecule has 3 rings (SSSR count). The second-order valence-corrected chi connectivity index (χ2v) is 5.87. The lowest BCUT2D eigenvalue weighted by atomic mass is 9.83. The van der Waals surface area contributed by atoms with E-state index in [1.54, 1.807) is 18.7 Å². The van der Waals surface area contributed by atoms with Crippen LogP contribution < -0.4 is 4.90 Å². The molecule has 0 N–H and O–H groups in total. The van der Waals surface area contributed by atoms with Crippen LogP contribution in [0.4, 0.5) is 5.69 Å². The summed E-state index contributed by atoms with van der Waals surface area (Å²) in [5.41, 5.74) is 1.99. The normalized spacial score (nSPS) is 20.3. The molecule has 1 aliphatic heterocycles. The maximum Gasteiger partial charge on any atom is 0.241 e. The number of hydrogen-bond donors (Lipinski definition) is 0. The highest BCUT2D eigenvalue weighted by molar-refractivity contribution is 6.47. The van der Waals surface area contributed by atoms with Crippen LogP contribution in [0, 0.1) is 12.3 Å². The van der Waals surface area contributed by atoms with Gasteiger partial charge in [0.2, 0.25) is 17.5 Å². The lowest BCUT2D eigenvalue weighted by molar-refractivity contribution is -0.131. The Hall–Kier alpha value is -2.49. The summed E-state index contributed by atoms with van der Waals surface area (Å²) >= 11 is 0. The van der Waals surface area contributed by atoms with Gasteiger partial charge in [-0.1, -0.05) is 18.2 Å². The number of fused-ring (bicyclic) bond motifs is 1. The van der Waals surface area contributed by atoms with Crippen LogP contribution in [0.1, 0.15) is 19.4 Å². The number of para-hydroxylation sites is 1. The van der Waals surface area contributed by atoms with Gasteiger partial charge in [0.15, 0.2) is 0 Å². The van der Waals surface area contributed by atoms with Gasteiger partial charge in [-0.25, -0.2) is 0 Å². The molecule has 1 aliphatic carbocycles. The first kappa shape index (κ1) is 13.5. The number of carbonyl (C=O) groups is 3. The van der Waals surface area contributed by atoms with Gasteiger partial charge >= 0.3 is 0 Å². The zero-order valence-corrected chi connectivity index (χ0v) is 12.1. The number of rotatable bonds is 1. The largest absolute Gasteiger partial charge is 0.286 e. The summed E-state index contributed by atoms with van der Waals surface area (Å²) < 4.78 is 0. The third-order valence-electron chi connectivity index (χ3n) is 4.07. The van der Waals surface area contributed by atoms with Crippen LogP contribution in [0.5, 0.6) is 0 Å². The van der Waals surface area contributed by atoms with E-state index in [0.29, 0.717) is 11.3 Å². The van der Waals surface area contributed by atoms with Gasteiger partial charge in [-0.2, -0.15) is 0 Å². The maximum atomic E-state index is 12.8. The molecule has 1 aromatic rings. The van der Waals surface area contributed by atoms with Gasteiger partial charge in [0.25, 0.3) is 0 Å². The van der Waals surface area contributed by atoms with Crippen molar-refractivity contribution < 1.29 is 14.4 Å². The first-order chi connectivity index (χ1) is 9.84. The Morgan fingerprint density at radius 1 is 0.952 bits per heavy atom. The molecule has 1 fully saturated rings. The van der Waals surface area contributed by atoms with Crippen LogP contribution in [0.2, 0.25) is 0 Å². The Morgan fingerprint density at radius 3 is 2.24 bits per heavy atom. The van der Waals surface area contributed by atoms with Gasteiger partial charge < -0.3 is 0 Å². The van der Waals surface area contributed by atoms with Crippen molar-refractivity contribution in [3.63, 3.8) is 0 Å². The van der Waals surface area contributed by atoms with E-state index < -0.39 is 17.0 Å². The summed E-state index contributed by atoms with van der Waals surface area (Å²) in [6, 6.07) is 7.49. The van der Waals surface area contributed by atoms with E-state index >= 15 is 0 Å². The summed E-state index contributed by atoms with van der Waals surface area (Å²) in [6.45, 7) is 5.46. The molecule has 1 amide bonds. The van der Waals surface area contributed by atoms with Crippen LogP contribution in [0.25, 0.3) is 0 Å². The minimum Gasteiger partial charge on any atom is -0.286 e. The summed E-state index contributed by atoms with van der Waals surface area (Å²) in [4.78, 5) is 37.7. The molecule has 106 valence electrons. The van der Waals surface area contributed by atoms with Crippen molar-refractivity contribution in [3.8, 4) is 0 Å². The summed E-state index contributed by atoms with van der Waals surface area (Å²) in [7, 11) is 0. The van der Waals surface area contributed by atoms with Gasteiger partial charge in [-0.05, 0) is 44.1 Å². The molecule has 0 saturated carbocycles. The quantitative estimate of drug-likeness (QED) is 0.586. The molecule has 4 nitrogen and oxygen atoms in total. The monoisotopic (exact) mass is 281 g/mol. The number of hydrogen-bond acceptors (Lipinski definition) is 3. The van der Waals surface area contributed by atoms with Crippen LogP contribution >= 0.6 is 0 Å². The fraction of sp³-hybridized carbons (Fsp3) is 0.235. The zero-order chi connectivity index (χ0) is 15.4. The number of anilines is 1.